The summed E-state index contributed by atoms with van der Waals surface area (Å²) < 4.78 is 0. The first-order valence-corrected chi connectivity index (χ1v) is 13.7. The van der Waals surface area contributed by atoms with Crippen LogP contribution in [0, 0.1) is 0 Å². The summed E-state index contributed by atoms with van der Waals surface area (Å²) in [5.74, 6) is -0.257. The molecule has 6 rings (SSSR count). The van der Waals surface area contributed by atoms with Crippen molar-refractivity contribution in [2.24, 2.45) is 0 Å². The molecule has 4 aromatic rings. The molecule has 1 aromatic heterocycles. The first kappa shape index (κ1) is 25.1. The highest BCUT2D eigenvalue weighted by Gasteiger charge is 2.45. The molecule has 0 radical (unpaired) electrons. The van der Waals surface area contributed by atoms with E-state index >= 15 is 0 Å². The average molecular weight is 519 g/mol. The number of carbonyl (C=O) groups is 2. The van der Waals surface area contributed by atoms with Gasteiger partial charge in [0.2, 0.25) is 11.8 Å². The number of fused-ring (bicyclic) bond motifs is 3. The van der Waals surface area contributed by atoms with E-state index in [0.29, 0.717) is 13.0 Å². The zero-order chi connectivity index (χ0) is 26.8. The lowest BCUT2D eigenvalue weighted by Gasteiger charge is -2.37. The van der Waals surface area contributed by atoms with Crippen molar-refractivity contribution in [1.29, 1.82) is 0 Å². The first-order chi connectivity index (χ1) is 19.0. The second-order valence-corrected chi connectivity index (χ2v) is 10.7. The number of benzene rings is 3. The van der Waals surface area contributed by atoms with Gasteiger partial charge in [-0.1, -0.05) is 72.8 Å². The Morgan fingerprint density at radius 1 is 0.949 bits per heavy atom. The smallest absolute Gasteiger partial charge is 0.248 e. The van der Waals surface area contributed by atoms with Crippen LogP contribution in [0.25, 0.3) is 17.0 Å². The second-order valence-electron chi connectivity index (χ2n) is 10.7. The number of rotatable bonds is 7. The molecule has 2 heterocycles. The van der Waals surface area contributed by atoms with Crippen LogP contribution in [0.4, 0.5) is 0 Å². The van der Waals surface area contributed by atoms with Crippen LogP contribution in [0.1, 0.15) is 35.1 Å². The number of piperidine rings is 1. The van der Waals surface area contributed by atoms with Crippen LogP contribution in [0.3, 0.4) is 0 Å². The Hall–Kier alpha value is -4.16. The van der Waals surface area contributed by atoms with Gasteiger partial charge in [-0.2, -0.15) is 0 Å². The third-order valence-corrected chi connectivity index (χ3v) is 8.33. The van der Waals surface area contributed by atoms with Gasteiger partial charge in [0.05, 0.1) is 0 Å². The van der Waals surface area contributed by atoms with E-state index in [1.54, 1.807) is 4.90 Å². The molecule has 0 saturated carbocycles. The predicted octanol–water partition coefficient (Wildman–Crippen LogP) is 4.57. The van der Waals surface area contributed by atoms with Crippen LogP contribution < -0.4 is 10.6 Å². The maximum atomic E-state index is 14.1. The number of H-pyrrole nitrogens is 1. The molecular formula is C33H34N4O2. The van der Waals surface area contributed by atoms with Crippen molar-refractivity contribution in [2.75, 3.05) is 20.1 Å². The van der Waals surface area contributed by atoms with Gasteiger partial charge in [0.15, 0.2) is 0 Å². The number of nitrogens with zero attached hydrogens (tertiary/aromatic N) is 1. The summed E-state index contributed by atoms with van der Waals surface area (Å²) in [6, 6.07) is 25.6. The fraction of sp³-hybridized carbons (Fsp3) is 0.273. The monoisotopic (exact) mass is 518 g/mol. The summed E-state index contributed by atoms with van der Waals surface area (Å²) in [5.41, 5.74) is 5.85. The van der Waals surface area contributed by atoms with Crippen LogP contribution in [0.2, 0.25) is 0 Å². The van der Waals surface area contributed by atoms with E-state index < -0.39 is 6.04 Å². The van der Waals surface area contributed by atoms with Crippen molar-refractivity contribution in [3.05, 3.63) is 113 Å². The van der Waals surface area contributed by atoms with Gasteiger partial charge in [0.1, 0.15) is 6.04 Å². The maximum absolute atomic E-state index is 14.1. The van der Waals surface area contributed by atoms with E-state index in [4.69, 9.17) is 0 Å². The first-order valence-electron chi connectivity index (χ1n) is 13.7. The van der Waals surface area contributed by atoms with Gasteiger partial charge < -0.3 is 20.5 Å². The Balaban J connectivity index is 1.31. The Kier molecular flexibility index (Phi) is 6.79. The number of aromatic amines is 1. The van der Waals surface area contributed by atoms with Crippen LogP contribution in [-0.2, 0) is 28.0 Å². The summed E-state index contributed by atoms with van der Waals surface area (Å²) in [6.45, 7) is 2.19. The normalized spacial score (nSPS) is 16.5. The number of aromatic nitrogens is 1. The van der Waals surface area contributed by atoms with Crippen molar-refractivity contribution >= 4 is 28.8 Å². The fourth-order valence-corrected chi connectivity index (χ4v) is 6.33. The Morgan fingerprint density at radius 2 is 1.67 bits per heavy atom. The molecule has 1 saturated heterocycles. The molecule has 1 spiro atoms. The molecule has 1 atom stereocenters. The highest BCUT2D eigenvalue weighted by Crippen LogP contribution is 2.47. The lowest BCUT2D eigenvalue weighted by Crippen LogP contribution is -2.51. The molecule has 2 aliphatic rings. The minimum Gasteiger partial charge on any atom is -0.361 e. The van der Waals surface area contributed by atoms with Gasteiger partial charge in [-0.25, -0.2) is 0 Å². The molecule has 2 amide bonds. The van der Waals surface area contributed by atoms with E-state index in [1.807, 2.05) is 73.9 Å². The molecule has 0 bridgehead atoms. The molecule has 198 valence electrons. The van der Waals surface area contributed by atoms with Gasteiger partial charge in [-0.15, -0.1) is 0 Å². The lowest BCUT2D eigenvalue weighted by atomic mass is 9.70. The highest BCUT2D eigenvalue weighted by molar-refractivity contribution is 6.05. The van der Waals surface area contributed by atoms with E-state index in [0.717, 1.165) is 59.1 Å². The summed E-state index contributed by atoms with van der Waals surface area (Å²) in [4.78, 5) is 33.0. The number of amides is 2. The number of likely N-dealkylation sites (N-methyl/N-ethyl adjacent to an activating group) is 1. The van der Waals surface area contributed by atoms with Crippen LogP contribution in [-0.4, -0.2) is 47.9 Å². The lowest BCUT2D eigenvalue weighted by molar-refractivity contribution is -0.135. The van der Waals surface area contributed by atoms with Crippen molar-refractivity contribution in [3.8, 4) is 0 Å². The van der Waals surface area contributed by atoms with Crippen molar-refractivity contribution in [1.82, 2.24) is 20.5 Å². The van der Waals surface area contributed by atoms with Gasteiger partial charge >= 0.3 is 0 Å². The molecule has 3 aromatic carbocycles. The molecular weight excluding hydrogens is 484 g/mol. The Bertz CT molecular complexity index is 1530. The van der Waals surface area contributed by atoms with Crippen LogP contribution in [0.5, 0.6) is 0 Å². The summed E-state index contributed by atoms with van der Waals surface area (Å²) in [7, 11) is 1.81. The van der Waals surface area contributed by atoms with Gasteiger partial charge in [0, 0.05) is 48.1 Å². The zero-order valence-electron chi connectivity index (χ0n) is 22.2. The molecule has 1 aliphatic heterocycles. The SMILES string of the molecule is CN(Cc1ccccc1)C(=O)[C@@H](Cc1c[nH]c2ccccc12)NC(=O)C1=Cc2ccccc2C12CCNCC2. The minimum atomic E-state index is -0.700. The van der Waals surface area contributed by atoms with Crippen molar-refractivity contribution in [2.45, 2.75) is 37.3 Å². The second kappa shape index (κ2) is 10.5. The largest absolute Gasteiger partial charge is 0.361 e. The standard InChI is InChI=1S/C33H34N4O2/c1-37(22-23-9-3-2-4-10-23)32(39)30(20-25-21-35-29-14-8-6-12-26(25)29)36-31(38)28-19-24-11-5-7-13-27(24)33(28)15-17-34-18-16-33/h2-14,19,21,30,34-35H,15-18,20,22H2,1H3,(H,36,38)/t30-/m1/s1. The van der Waals surface area contributed by atoms with E-state index in [2.05, 4.69) is 39.9 Å². The fourth-order valence-electron chi connectivity index (χ4n) is 6.33. The van der Waals surface area contributed by atoms with Crippen LogP contribution >= 0.6 is 0 Å². The van der Waals surface area contributed by atoms with E-state index in [1.165, 1.54) is 5.56 Å². The predicted molar refractivity (Wildman–Crippen MR) is 155 cm³/mol. The van der Waals surface area contributed by atoms with Crippen LogP contribution in [0.15, 0.2) is 90.6 Å². The van der Waals surface area contributed by atoms with E-state index in [-0.39, 0.29) is 17.2 Å². The van der Waals surface area contributed by atoms with Crippen molar-refractivity contribution < 1.29 is 9.59 Å². The summed E-state index contributed by atoms with van der Waals surface area (Å²) in [6.07, 6.45) is 6.11. The zero-order valence-corrected chi connectivity index (χ0v) is 22.2. The third kappa shape index (κ3) is 4.77. The molecule has 39 heavy (non-hydrogen) atoms. The number of carbonyl (C=O) groups excluding carboxylic acids is 2. The maximum Gasteiger partial charge on any atom is 0.248 e. The van der Waals surface area contributed by atoms with Gasteiger partial charge in [-0.05, 0) is 60.3 Å². The van der Waals surface area contributed by atoms with Gasteiger partial charge in [-0.3, -0.25) is 9.59 Å². The minimum absolute atomic E-state index is 0.104. The molecule has 6 heteroatoms. The quantitative estimate of drug-likeness (QED) is 0.335. The summed E-state index contributed by atoms with van der Waals surface area (Å²) >= 11 is 0. The number of nitrogens with one attached hydrogen (secondary N) is 3. The number of hydrogen-bond donors (Lipinski definition) is 3. The van der Waals surface area contributed by atoms with Gasteiger partial charge in [0.25, 0.3) is 0 Å². The topological polar surface area (TPSA) is 77.2 Å². The molecule has 1 fully saturated rings. The molecule has 6 nitrogen and oxygen atoms in total. The molecule has 3 N–H and O–H groups in total. The highest BCUT2D eigenvalue weighted by atomic mass is 16.2. The summed E-state index contributed by atoms with van der Waals surface area (Å²) in [5, 5.41) is 7.72. The Labute approximate surface area is 229 Å². The number of para-hydroxylation sites is 1. The molecule has 0 unspecified atom stereocenters. The molecule has 1 aliphatic carbocycles. The average Bonchev–Trinajstić information content (AvgIpc) is 3.52. The number of hydrogen-bond acceptors (Lipinski definition) is 3. The van der Waals surface area contributed by atoms with E-state index in [9.17, 15) is 9.59 Å². The van der Waals surface area contributed by atoms with Crippen molar-refractivity contribution in [3.63, 3.8) is 0 Å². The Morgan fingerprint density at radius 3 is 2.49 bits per heavy atom. The third-order valence-electron chi connectivity index (χ3n) is 8.33.